The molecule has 3 aromatic carbocycles. The van der Waals surface area contributed by atoms with E-state index in [1.165, 1.54) is 28.9 Å². The highest BCUT2D eigenvalue weighted by atomic mass is 16.3. The zero-order chi connectivity index (χ0) is 24.2. The van der Waals surface area contributed by atoms with E-state index in [1.54, 1.807) is 36.4 Å². The van der Waals surface area contributed by atoms with Crippen molar-refractivity contribution in [3.8, 4) is 34.3 Å². The van der Waals surface area contributed by atoms with Crippen molar-refractivity contribution >= 4 is 11.8 Å². The number of aromatic nitrogens is 3. The molecule has 0 bridgehead atoms. The number of nitrogens with zero attached hydrogens (tertiary/aromatic N) is 4. The lowest BCUT2D eigenvalue weighted by Gasteiger charge is -2.20. The van der Waals surface area contributed by atoms with Crippen LogP contribution in [0.4, 0.5) is 0 Å². The van der Waals surface area contributed by atoms with E-state index in [1.807, 2.05) is 26.8 Å². The summed E-state index contributed by atoms with van der Waals surface area (Å²) in [6, 6.07) is 17.8. The normalized spacial score (nSPS) is 13.4. The molecule has 8 nitrogen and oxygen atoms in total. The second-order valence-corrected chi connectivity index (χ2v) is 9.19. The fraction of sp³-hybridized carbons (Fsp3) is 0.154. The molecular formula is C26H22N4O4. The van der Waals surface area contributed by atoms with E-state index in [0.29, 0.717) is 22.3 Å². The van der Waals surface area contributed by atoms with Crippen molar-refractivity contribution in [2.45, 2.75) is 26.2 Å². The molecule has 170 valence electrons. The largest absolute Gasteiger partial charge is 0.508 e. The highest BCUT2D eigenvalue weighted by Gasteiger charge is 2.40. The van der Waals surface area contributed by atoms with Gasteiger partial charge in [-0.3, -0.25) is 9.59 Å². The molecule has 0 atom stereocenters. The molecule has 0 aliphatic carbocycles. The van der Waals surface area contributed by atoms with Gasteiger partial charge in [-0.25, -0.2) is 4.68 Å². The molecule has 0 unspecified atom stereocenters. The van der Waals surface area contributed by atoms with Gasteiger partial charge in [0.25, 0.3) is 11.8 Å². The first-order chi connectivity index (χ1) is 16.1. The summed E-state index contributed by atoms with van der Waals surface area (Å²) >= 11 is 0. The van der Waals surface area contributed by atoms with Gasteiger partial charge in [-0.2, -0.15) is 5.01 Å². The molecule has 2 N–H and O–H groups in total. The topological polar surface area (TPSA) is 109 Å². The zero-order valence-corrected chi connectivity index (χ0v) is 18.9. The van der Waals surface area contributed by atoms with Crippen molar-refractivity contribution in [2.24, 2.45) is 0 Å². The first kappa shape index (κ1) is 21.4. The van der Waals surface area contributed by atoms with Crippen LogP contribution in [0.5, 0.6) is 11.5 Å². The monoisotopic (exact) mass is 454 g/mol. The fourth-order valence-corrected chi connectivity index (χ4v) is 3.93. The summed E-state index contributed by atoms with van der Waals surface area (Å²) in [4.78, 5) is 27.1. The Kier molecular flexibility index (Phi) is 4.75. The Bertz CT molecular complexity index is 1370. The van der Waals surface area contributed by atoms with Gasteiger partial charge in [0.1, 0.15) is 11.5 Å². The van der Waals surface area contributed by atoms with Gasteiger partial charge in [0, 0.05) is 11.1 Å². The Labute approximate surface area is 195 Å². The highest BCUT2D eigenvalue weighted by Crippen LogP contribution is 2.33. The van der Waals surface area contributed by atoms with E-state index >= 15 is 0 Å². The maximum absolute atomic E-state index is 13.6. The lowest BCUT2D eigenvalue weighted by atomic mass is 9.85. The lowest BCUT2D eigenvalue weighted by molar-refractivity contribution is 0.0887. The number of phenolic OH excluding ortho intramolecular Hbond substituents is 2. The van der Waals surface area contributed by atoms with Crippen molar-refractivity contribution in [1.29, 1.82) is 0 Å². The predicted molar refractivity (Wildman–Crippen MR) is 126 cm³/mol. The van der Waals surface area contributed by atoms with Crippen molar-refractivity contribution in [3.63, 3.8) is 0 Å². The number of hydrogen-bond acceptors (Lipinski definition) is 6. The van der Waals surface area contributed by atoms with Crippen LogP contribution in [0.3, 0.4) is 0 Å². The molecule has 2 heterocycles. The van der Waals surface area contributed by atoms with Gasteiger partial charge < -0.3 is 10.2 Å². The lowest BCUT2D eigenvalue weighted by Crippen LogP contribution is -2.40. The Morgan fingerprint density at radius 1 is 0.676 bits per heavy atom. The van der Waals surface area contributed by atoms with Gasteiger partial charge in [-0.1, -0.05) is 26.8 Å². The third-order valence-corrected chi connectivity index (χ3v) is 5.82. The number of carbonyl (C=O) groups is 2. The molecule has 8 heteroatoms. The van der Waals surface area contributed by atoms with Gasteiger partial charge in [0.15, 0.2) is 11.6 Å². The fourth-order valence-electron chi connectivity index (χ4n) is 3.93. The molecular weight excluding hydrogens is 432 g/mol. The second kappa shape index (κ2) is 7.55. The van der Waals surface area contributed by atoms with Crippen LogP contribution < -0.4 is 5.01 Å². The van der Waals surface area contributed by atoms with E-state index in [-0.39, 0.29) is 28.6 Å². The molecule has 5 rings (SSSR count). The minimum Gasteiger partial charge on any atom is -0.508 e. The summed E-state index contributed by atoms with van der Waals surface area (Å²) in [5, 5.41) is 29.0. The molecule has 0 radical (unpaired) electrons. The Morgan fingerprint density at radius 2 is 1.15 bits per heavy atom. The van der Waals surface area contributed by atoms with Crippen molar-refractivity contribution in [2.75, 3.05) is 5.01 Å². The maximum atomic E-state index is 13.6. The summed E-state index contributed by atoms with van der Waals surface area (Å²) in [6.45, 7) is 6.12. The molecule has 0 fully saturated rings. The highest BCUT2D eigenvalue weighted by molar-refractivity contribution is 6.31. The first-order valence-electron chi connectivity index (χ1n) is 10.7. The smallest absolute Gasteiger partial charge is 0.281 e. The number of phenols is 2. The van der Waals surface area contributed by atoms with Crippen LogP contribution in [0.15, 0.2) is 66.7 Å². The number of amides is 2. The second-order valence-electron chi connectivity index (χ2n) is 9.19. The number of hydrogen-bond donors (Lipinski definition) is 2. The maximum Gasteiger partial charge on any atom is 0.281 e. The third kappa shape index (κ3) is 3.40. The molecule has 1 aromatic heterocycles. The van der Waals surface area contributed by atoms with E-state index in [0.717, 1.165) is 10.6 Å². The average Bonchev–Trinajstić information content (AvgIpc) is 3.33. The SMILES string of the molecule is CC(C)(C)c1ccc2c(c1)C(=O)N(n1c(-c3ccc(O)cc3)nnc1-c1ccc(O)cc1)C2=O. The Morgan fingerprint density at radius 3 is 1.62 bits per heavy atom. The zero-order valence-electron chi connectivity index (χ0n) is 18.9. The number of carbonyl (C=O) groups excluding carboxylic acids is 2. The summed E-state index contributed by atoms with van der Waals surface area (Å²) in [6.07, 6.45) is 0. The first-order valence-corrected chi connectivity index (χ1v) is 10.7. The van der Waals surface area contributed by atoms with Gasteiger partial charge in [-0.15, -0.1) is 10.2 Å². The summed E-state index contributed by atoms with van der Waals surface area (Å²) in [5.41, 5.74) is 2.48. The molecule has 1 aliphatic rings. The third-order valence-electron chi connectivity index (χ3n) is 5.82. The van der Waals surface area contributed by atoms with Crippen molar-refractivity contribution in [1.82, 2.24) is 14.9 Å². The summed E-state index contributed by atoms with van der Waals surface area (Å²) < 4.78 is 1.39. The van der Waals surface area contributed by atoms with Crippen LogP contribution in [0.2, 0.25) is 0 Å². The molecule has 1 aliphatic heterocycles. The van der Waals surface area contributed by atoms with E-state index < -0.39 is 11.8 Å². The number of benzene rings is 3. The van der Waals surface area contributed by atoms with Crippen LogP contribution in [0, 0.1) is 0 Å². The minimum atomic E-state index is -0.486. The van der Waals surface area contributed by atoms with Gasteiger partial charge in [-0.05, 0) is 71.6 Å². The number of rotatable bonds is 3. The van der Waals surface area contributed by atoms with Crippen molar-refractivity contribution in [3.05, 3.63) is 83.4 Å². The van der Waals surface area contributed by atoms with Crippen molar-refractivity contribution < 1.29 is 19.8 Å². The molecule has 2 amide bonds. The number of imide groups is 1. The number of fused-ring (bicyclic) bond motifs is 1. The Balaban J connectivity index is 1.71. The average molecular weight is 454 g/mol. The predicted octanol–water partition coefficient (Wildman–Crippen LogP) is 4.25. The quantitative estimate of drug-likeness (QED) is 0.448. The minimum absolute atomic E-state index is 0.0732. The van der Waals surface area contributed by atoms with Crippen LogP contribution in [-0.4, -0.2) is 36.9 Å². The number of aromatic hydroxyl groups is 2. The molecule has 0 saturated carbocycles. The van der Waals surface area contributed by atoms with E-state index in [4.69, 9.17) is 0 Å². The van der Waals surface area contributed by atoms with Gasteiger partial charge >= 0.3 is 0 Å². The van der Waals surface area contributed by atoms with E-state index in [2.05, 4.69) is 10.2 Å². The van der Waals surface area contributed by atoms with Crippen LogP contribution >= 0.6 is 0 Å². The van der Waals surface area contributed by atoms with Crippen LogP contribution in [-0.2, 0) is 5.41 Å². The standard InChI is InChI=1S/C26H22N4O4/c1-26(2,3)17-8-13-20-21(14-17)25(34)30(24(20)33)29-22(15-4-9-18(31)10-5-15)27-28-23(29)16-6-11-19(32)12-7-16/h4-14,31-32H,1-3H3. The summed E-state index contributed by atoms with van der Waals surface area (Å²) in [7, 11) is 0. The Hall–Kier alpha value is -4.46. The molecule has 4 aromatic rings. The van der Waals surface area contributed by atoms with Crippen LogP contribution in [0.1, 0.15) is 47.1 Å². The summed E-state index contributed by atoms with van der Waals surface area (Å²) in [5.74, 6) is -0.304. The van der Waals surface area contributed by atoms with Gasteiger partial charge in [0.2, 0.25) is 0 Å². The molecule has 0 saturated heterocycles. The molecule has 0 spiro atoms. The van der Waals surface area contributed by atoms with Crippen LogP contribution in [0.25, 0.3) is 22.8 Å². The molecule has 34 heavy (non-hydrogen) atoms. The van der Waals surface area contributed by atoms with Gasteiger partial charge in [0.05, 0.1) is 11.1 Å². The van der Waals surface area contributed by atoms with E-state index in [9.17, 15) is 19.8 Å².